The normalized spacial score (nSPS) is 15.3. The summed E-state index contributed by atoms with van der Waals surface area (Å²) in [5.74, 6) is 0.202. The number of thioether (sulfide) groups is 1. The molecule has 0 spiro atoms. The van der Waals surface area contributed by atoms with Gasteiger partial charge in [-0.3, -0.25) is 14.3 Å². The van der Waals surface area contributed by atoms with Gasteiger partial charge in [-0.15, -0.1) is 11.8 Å². The van der Waals surface area contributed by atoms with Gasteiger partial charge in [0.1, 0.15) is 5.37 Å². The minimum absolute atomic E-state index is 0.0926. The van der Waals surface area contributed by atoms with Gasteiger partial charge in [-0.05, 0) is 72.1 Å². The monoisotopic (exact) mass is 557 g/mol. The lowest BCUT2D eigenvalue weighted by atomic mass is 10.1. The molecule has 1 saturated heterocycles. The molecule has 7 nitrogen and oxygen atoms in total. The SMILES string of the molecule is Cc1cccc(NS(=O)(=O)c2ccc(NC(=O)c3ccc([C@H]4SCC(=O)N4Cc4ccccc4)cc3)cc2)c1. The summed E-state index contributed by atoms with van der Waals surface area (Å²) in [6.07, 6.45) is 0. The van der Waals surface area contributed by atoms with Crippen molar-refractivity contribution in [3.63, 3.8) is 0 Å². The Kier molecular flexibility index (Phi) is 7.72. The van der Waals surface area contributed by atoms with Gasteiger partial charge in [0.15, 0.2) is 0 Å². The highest BCUT2D eigenvalue weighted by Crippen LogP contribution is 2.39. The van der Waals surface area contributed by atoms with Crippen molar-refractivity contribution in [2.75, 3.05) is 15.8 Å². The molecular weight excluding hydrogens is 530 g/mol. The summed E-state index contributed by atoms with van der Waals surface area (Å²) >= 11 is 1.57. The number of benzene rings is 4. The van der Waals surface area contributed by atoms with Gasteiger partial charge in [0.25, 0.3) is 15.9 Å². The highest BCUT2D eigenvalue weighted by Gasteiger charge is 2.32. The van der Waals surface area contributed by atoms with Gasteiger partial charge in [0.2, 0.25) is 5.91 Å². The number of nitrogens with zero attached hydrogens (tertiary/aromatic N) is 1. The summed E-state index contributed by atoms with van der Waals surface area (Å²) in [4.78, 5) is 27.3. The molecule has 1 aliphatic rings. The van der Waals surface area contributed by atoms with Gasteiger partial charge < -0.3 is 10.2 Å². The minimum Gasteiger partial charge on any atom is -0.322 e. The van der Waals surface area contributed by atoms with Crippen LogP contribution in [0.1, 0.15) is 32.4 Å². The number of hydrogen-bond acceptors (Lipinski definition) is 5. The van der Waals surface area contributed by atoms with E-state index < -0.39 is 10.0 Å². The van der Waals surface area contributed by atoms with Crippen molar-refractivity contribution in [1.29, 1.82) is 0 Å². The van der Waals surface area contributed by atoms with Gasteiger partial charge in [-0.2, -0.15) is 0 Å². The molecule has 1 atom stereocenters. The molecule has 0 unspecified atom stereocenters. The van der Waals surface area contributed by atoms with E-state index >= 15 is 0 Å². The van der Waals surface area contributed by atoms with Crippen molar-refractivity contribution < 1.29 is 18.0 Å². The first-order chi connectivity index (χ1) is 18.8. The fourth-order valence-corrected chi connectivity index (χ4v) is 6.56. The summed E-state index contributed by atoms with van der Waals surface area (Å²) in [7, 11) is -3.76. The molecule has 4 aromatic rings. The second-order valence-electron chi connectivity index (χ2n) is 9.25. The molecule has 9 heteroatoms. The zero-order valence-corrected chi connectivity index (χ0v) is 22.8. The van der Waals surface area contributed by atoms with E-state index in [2.05, 4.69) is 10.0 Å². The van der Waals surface area contributed by atoms with Gasteiger partial charge in [-0.1, -0.05) is 54.6 Å². The van der Waals surface area contributed by atoms with E-state index in [-0.39, 0.29) is 22.1 Å². The maximum Gasteiger partial charge on any atom is 0.261 e. The van der Waals surface area contributed by atoms with Crippen molar-refractivity contribution in [1.82, 2.24) is 4.90 Å². The van der Waals surface area contributed by atoms with Crippen LogP contribution in [0.2, 0.25) is 0 Å². The summed E-state index contributed by atoms with van der Waals surface area (Å²) in [6.45, 7) is 2.42. The lowest BCUT2D eigenvalue weighted by Gasteiger charge is -2.24. The number of amides is 2. The molecule has 1 aliphatic heterocycles. The second kappa shape index (κ2) is 11.3. The Morgan fingerprint density at radius 3 is 2.31 bits per heavy atom. The standard InChI is InChI=1S/C30H27N3O4S2/c1-21-6-5-9-26(18-21)32-39(36,37)27-16-14-25(15-17-27)31-29(35)23-10-12-24(13-11-23)30-33(28(34)20-38-30)19-22-7-3-2-4-8-22/h2-18,30,32H,19-20H2,1H3,(H,31,35)/t30-/m1/s1. The molecule has 0 radical (unpaired) electrons. The lowest BCUT2D eigenvalue weighted by molar-refractivity contribution is -0.128. The summed E-state index contributed by atoms with van der Waals surface area (Å²) in [6, 6.07) is 30.2. The molecule has 198 valence electrons. The number of hydrogen-bond donors (Lipinski definition) is 2. The number of nitrogens with one attached hydrogen (secondary N) is 2. The summed E-state index contributed by atoms with van der Waals surface area (Å²) < 4.78 is 28.0. The quantitative estimate of drug-likeness (QED) is 0.285. The first kappa shape index (κ1) is 26.5. The Morgan fingerprint density at radius 2 is 1.62 bits per heavy atom. The molecule has 0 aromatic heterocycles. The molecule has 2 N–H and O–H groups in total. The third-order valence-electron chi connectivity index (χ3n) is 6.31. The highest BCUT2D eigenvalue weighted by atomic mass is 32.2. The van der Waals surface area contributed by atoms with Crippen LogP contribution in [0.5, 0.6) is 0 Å². The molecule has 4 aromatic carbocycles. The zero-order valence-electron chi connectivity index (χ0n) is 21.2. The number of anilines is 2. The first-order valence-corrected chi connectivity index (χ1v) is 14.9. The van der Waals surface area contributed by atoms with Crippen LogP contribution in [0.4, 0.5) is 11.4 Å². The van der Waals surface area contributed by atoms with Crippen LogP contribution in [-0.4, -0.2) is 30.9 Å². The average molecular weight is 558 g/mol. The molecule has 5 rings (SSSR count). The molecule has 39 heavy (non-hydrogen) atoms. The number of carbonyl (C=O) groups excluding carboxylic acids is 2. The Morgan fingerprint density at radius 1 is 0.897 bits per heavy atom. The van der Waals surface area contributed by atoms with E-state index in [1.54, 1.807) is 54.2 Å². The van der Waals surface area contributed by atoms with Crippen LogP contribution in [0.15, 0.2) is 108 Å². The molecule has 0 bridgehead atoms. The van der Waals surface area contributed by atoms with Crippen LogP contribution >= 0.6 is 11.8 Å². The van der Waals surface area contributed by atoms with Crippen molar-refractivity contribution in [3.05, 3.63) is 125 Å². The van der Waals surface area contributed by atoms with E-state index in [9.17, 15) is 18.0 Å². The van der Waals surface area contributed by atoms with E-state index in [1.165, 1.54) is 12.1 Å². The van der Waals surface area contributed by atoms with Crippen molar-refractivity contribution in [3.8, 4) is 0 Å². The summed E-state index contributed by atoms with van der Waals surface area (Å²) in [5, 5.41) is 2.69. The molecule has 2 amide bonds. The van der Waals surface area contributed by atoms with Gasteiger partial charge in [0, 0.05) is 23.5 Å². The van der Waals surface area contributed by atoms with E-state index in [4.69, 9.17) is 0 Å². The Bertz CT molecular complexity index is 1590. The van der Waals surface area contributed by atoms with Crippen LogP contribution in [0.25, 0.3) is 0 Å². The molecule has 0 aliphatic carbocycles. The number of aryl methyl sites for hydroxylation is 1. The first-order valence-electron chi connectivity index (χ1n) is 12.3. The average Bonchev–Trinajstić information content (AvgIpc) is 3.29. The summed E-state index contributed by atoms with van der Waals surface area (Å²) in [5.41, 5.74) is 4.39. The smallest absolute Gasteiger partial charge is 0.261 e. The van der Waals surface area contributed by atoms with Gasteiger partial charge in [-0.25, -0.2) is 8.42 Å². The second-order valence-corrected chi connectivity index (χ2v) is 12.0. The number of rotatable bonds is 8. The Labute approximate surface area is 232 Å². The van der Waals surface area contributed by atoms with Crippen LogP contribution in [0.3, 0.4) is 0 Å². The Hall–Kier alpha value is -4.08. The molecule has 0 saturated carbocycles. The lowest BCUT2D eigenvalue weighted by Crippen LogP contribution is -2.27. The topological polar surface area (TPSA) is 95.6 Å². The van der Waals surface area contributed by atoms with Crippen LogP contribution < -0.4 is 10.0 Å². The third-order valence-corrected chi connectivity index (χ3v) is 8.97. The fraction of sp³-hybridized carbons (Fsp3) is 0.133. The van der Waals surface area contributed by atoms with Crippen molar-refractivity contribution >= 4 is 45.0 Å². The van der Waals surface area contributed by atoms with Crippen molar-refractivity contribution in [2.24, 2.45) is 0 Å². The molecule has 1 heterocycles. The predicted molar refractivity (Wildman–Crippen MR) is 155 cm³/mol. The highest BCUT2D eigenvalue weighted by molar-refractivity contribution is 8.00. The molecular formula is C30H27N3O4S2. The van der Waals surface area contributed by atoms with Crippen molar-refractivity contribution in [2.45, 2.75) is 23.7 Å². The third kappa shape index (κ3) is 6.32. The van der Waals surface area contributed by atoms with Crippen LogP contribution in [0, 0.1) is 6.92 Å². The van der Waals surface area contributed by atoms with E-state index in [0.29, 0.717) is 29.2 Å². The molecule has 1 fully saturated rings. The predicted octanol–water partition coefficient (Wildman–Crippen LogP) is 5.82. The van der Waals surface area contributed by atoms with Gasteiger partial charge >= 0.3 is 0 Å². The number of sulfonamides is 1. The largest absolute Gasteiger partial charge is 0.322 e. The van der Waals surface area contributed by atoms with E-state index in [0.717, 1.165) is 16.7 Å². The number of carbonyl (C=O) groups is 2. The minimum atomic E-state index is -3.76. The zero-order chi connectivity index (χ0) is 27.4. The maximum atomic E-state index is 12.8. The Balaban J connectivity index is 1.23. The van der Waals surface area contributed by atoms with Crippen LogP contribution in [-0.2, 0) is 21.4 Å². The van der Waals surface area contributed by atoms with E-state index in [1.807, 2.05) is 60.4 Å². The maximum absolute atomic E-state index is 12.8. The fourth-order valence-electron chi connectivity index (χ4n) is 4.32. The van der Waals surface area contributed by atoms with Gasteiger partial charge in [0.05, 0.1) is 10.6 Å².